The number of carbonyl (C=O) groups is 2. The number of nitrogens with one attached hydrogen (secondary N) is 2. The molecule has 1 aromatic rings. The number of unbranched alkanes of at least 4 members (excludes halogenated alkanes) is 1. The molecule has 0 radical (unpaired) electrons. The van der Waals surface area contributed by atoms with Crippen molar-refractivity contribution in [2.75, 3.05) is 6.61 Å². The average molecular weight is 320 g/mol. The van der Waals surface area contributed by atoms with Gasteiger partial charge in [0.05, 0.1) is 0 Å². The Hall–Kier alpha value is -2.04. The van der Waals surface area contributed by atoms with Crippen LogP contribution in [0.5, 0.6) is 5.75 Å². The van der Waals surface area contributed by atoms with Gasteiger partial charge in [-0.05, 0) is 43.9 Å². The quantitative estimate of drug-likeness (QED) is 0.723. The maximum Gasteiger partial charge on any atom is 0.276 e. The molecule has 0 aliphatic rings. The largest absolute Gasteiger partial charge is 0.483 e. The molecule has 0 bridgehead atoms. The van der Waals surface area contributed by atoms with Crippen LogP contribution in [-0.4, -0.2) is 18.4 Å². The Kier molecular flexibility index (Phi) is 8.16. The predicted octanol–water partition coefficient (Wildman–Crippen LogP) is 3.05. The fourth-order valence-electron chi connectivity index (χ4n) is 2.25. The van der Waals surface area contributed by atoms with Gasteiger partial charge in [0.1, 0.15) is 5.75 Å². The number of benzene rings is 1. The number of hydrazine groups is 1. The molecule has 0 aliphatic heterocycles. The average Bonchev–Trinajstić information content (AvgIpc) is 2.54. The lowest BCUT2D eigenvalue weighted by atomic mass is 9.99. The van der Waals surface area contributed by atoms with Crippen molar-refractivity contribution in [3.05, 3.63) is 29.3 Å². The Morgan fingerprint density at radius 2 is 1.91 bits per heavy atom. The predicted molar refractivity (Wildman–Crippen MR) is 91.0 cm³/mol. The smallest absolute Gasteiger partial charge is 0.276 e. The number of rotatable bonds is 8. The van der Waals surface area contributed by atoms with Gasteiger partial charge in [-0.2, -0.15) is 0 Å². The van der Waals surface area contributed by atoms with Crippen LogP contribution in [0.2, 0.25) is 0 Å². The molecular weight excluding hydrogens is 292 g/mol. The highest BCUT2D eigenvalue weighted by Crippen LogP contribution is 2.18. The Morgan fingerprint density at radius 1 is 1.17 bits per heavy atom. The molecule has 1 unspecified atom stereocenters. The second kappa shape index (κ2) is 9.87. The van der Waals surface area contributed by atoms with Crippen LogP contribution in [0.3, 0.4) is 0 Å². The summed E-state index contributed by atoms with van der Waals surface area (Å²) in [7, 11) is 0. The summed E-state index contributed by atoms with van der Waals surface area (Å²) in [6, 6.07) is 5.83. The molecule has 1 aromatic carbocycles. The van der Waals surface area contributed by atoms with Crippen molar-refractivity contribution in [3.63, 3.8) is 0 Å². The second-order valence-corrected chi connectivity index (χ2v) is 5.84. The fraction of sp³-hybridized carbons (Fsp3) is 0.556. The van der Waals surface area contributed by atoms with Gasteiger partial charge in [0.2, 0.25) is 5.91 Å². The summed E-state index contributed by atoms with van der Waals surface area (Å²) in [5.41, 5.74) is 6.94. The van der Waals surface area contributed by atoms with Crippen LogP contribution in [0.4, 0.5) is 0 Å². The highest BCUT2D eigenvalue weighted by molar-refractivity contribution is 5.83. The maximum atomic E-state index is 12.0. The number of amides is 2. The highest BCUT2D eigenvalue weighted by atomic mass is 16.5. The first kappa shape index (κ1) is 19.0. The molecule has 2 amide bonds. The van der Waals surface area contributed by atoms with Gasteiger partial charge < -0.3 is 4.74 Å². The summed E-state index contributed by atoms with van der Waals surface area (Å²) in [5, 5.41) is 0. The van der Waals surface area contributed by atoms with Crippen LogP contribution in [0, 0.1) is 19.8 Å². The van der Waals surface area contributed by atoms with Gasteiger partial charge in [0.15, 0.2) is 6.61 Å². The van der Waals surface area contributed by atoms with Crippen LogP contribution in [-0.2, 0) is 9.59 Å². The van der Waals surface area contributed by atoms with E-state index in [2.05, 4.69) is 17.8 Å². The van der Waals surface area contributed by atoms with E-state index in [0.29, 0.717) is 5.75 Å². The van der Waals surface area contributed by atoms with Gasteiger partial charge in [0.25, 0.3) is 5.91 Å². The summed E-state index contributed by atoms with van der Waals surface area (Å²) in [6.45, 7) is 7.83. The molecule has 0 saturated carbocycles. The molecule has 23 heavy (non-hydrogen) atoms. The third-order valence-corrected chi connectivity index (χ3v) is 3.80. The summed E-state index contributed by atoms with van der Waals surface area (Å²) in [4.78, 5) is 23.8. The minimum absolute atomic E-state index is 0.0600. The number of hydrogen-bond acceptors (Lipinski definition) is 3. The van der Waals surface area contributed by atoms with Crippen molar-refractivity contribution in [2.45, 2.75) is 53.4 Å². The highest BCUT2D eigenvalue weighted by Gasteiger charge is 2.16. The molecule has 5 nitrogen and oxygen atoms in total. The number of carbonyl (C=O) groups excluding carboxylic acids is 2. The van der Waals surface area contributed by atoms with Crippen LogP contribution >= 0.6 is 0 Å². The van der Waals surface area contributed by atoms with Crippen molar-refractivity contribution < 1.29 is 14.3 Å². The van der Waals surface area contributed by atoms with Crippen molar-refractivity contribution in [3.8, 4) is 5.75 Å². The van der Waals surface area contributed by atoms with Crippen LogP contribution < -0.4 is 15.6 Å². The molecule has 0 spiro atoms. The summed E-state index contributed by atoms with van der Waals surface area (Å²) < 4.78 is 5.50. The molecule has 5 heteroatoms. The zero-order chi connectivity index (χ0) is 17.2. The maximum absolute atomic E-state index is 12.0. The zero-order valence-electron chi connectivity index (χ0n) is 14.6. The normalized spacial score (nSPS) is 11.7. The first-order valence-electron chi connectivity index (χ1n) is 8.26. The zero-order valence-corrected chi connectivity index (χ0v) is 14.6. The van der Waals surface area contributed by atoms with Gasteiger partial charge in [-0.15, -0.1) is 0 Å². The minimum Gasteiger partial charge on any atom is -0.483 e. The minimum atomic E-state index is -0.371. The number of hydrogen-bond donors (Lipinski definition) is 2. The van der Waals surface area contributed by atoms with E-state index < -0.39 is 0 Å². The van der Waals surface area contributed by atoms with Gasteiger partial charge in [-0.3, -0.25) is 20.4 Å². The van der Waals surface area contributed by atoms with E-state index in [1.807, 2.05) is 39.0 Å². The van der Waals surface area contributed by atoms with E-state index in [-0.39, 0.29) is 24.3 Å². The lowest BCUT2D eigenvalue weighted by molar-refractivity contribution is -0.132. The Morgan fingerprint density at radius 3 is 2.57 bits per heavy atom. The van der Waals surface area contributed by atoms with E-state index in [1.165, 1.54) is 0 Å². The Labute approximate surface area is 138 Å². The van der Waals surface area contributed by atoms with Crippen molar-refractivity contribution >= 4 is 11.8 Å². The Balaban J connectivity index is 2.39. The van der Waals surface area contributed by atoms with E-state index in [1.54, 1.807) is 0 Å². The van der Waals surface area contributed by atoms with E-state index in [9.17, 15) is 9.59 Å². The van der Waals surface area contributed by atoms with Crippen LogP contribution in [0.15, 0.2) is 18.2 Å². The van der Waals surface area contributed by atoms with E-state index in [4.69, 9.17) is 4.74 Å². The van der Waals surface area contributed by atoms with Gasteiger partial charge in [0, 0.05) is 5.92 Å². The molecule has 128 valence electrons. The Bertz CT molecular complexity index is 529. The van der Waals surface area contributed by atoms with E-state index in [0.717, 1.165) is 36.8 Å². The molecule has 0 heterocycles. The van der Waals surface area contributed by atoms with Crippen LogP contribution in [0.25, 0.3) is 0 Å². The lowest BCUT2D eigenvalue weighted by Gasteiger charge is -2.15. The summed E-state index contributed by atoms with van der Waals surface area (Å²) in [6.07, 6.45) is 3.67. The number of aryl methyl sites for hydroxylation is 2. The molecule has 0 saturated heterocycles. The lowest BCUT2D eigenvalue weighted by Crippen LogP contribution is -2.46. The topological polar surface area (TPSA) is 67.4 Å². The third kappa shape index (κ3) is 6.72. The first-order chi connectivity index (χ1) is 11.0. The van der Waals surface area contributed by atoms with Crippen molar-refractivity contribution in [1.82, 2.24) is 10.9 Å². The molecular formula is C18H28N2O3. The third-order valence-electron chi connectivity index (χ3n) is 3.80. The van der Waals surface area contributed by atoms with Gasteiger partial charge in [-0.25, -0.2) is 0 Å². The van der Waals surface area contributed by atoms with Gasteiger partial charge >= 0.3 is 0 Å². The summed E-state index contributed by atoms with van der Waals surface area (Å²) in [5.74, 6) is 0.113. The molecule has 2 N–H and O–H groups in total. The standard InChI is InChI=1S/C18H28N2O3/c1-5-7-8-15(6-2)18(22)20-19-17(21)12-23-16-11-13(3)9-10-14(16)4/h9-11,15H,5-8,12H2,1-4H3,(H,19,21)(H,20,22). The van der Waals surface area contributed by atoms with Crippen molar-refractivity contribution in [2.24, 2.45) is 5.92 Å². The molecule has 0 fully saturated rings. The molecule has 1 atom stereocenters. The van der Waals surface area contributed by atoms with Crippen molar-refractivity contribution in [1.29, 1.82) is 0 Å². The SMILES string of the molecule is CCCCC(CC)C(=O)NNC(=O)COc1cc(C)ccc1C. The summed E-state index contributed by atoms with van der Waals surface area (Å²) >= 11 is 0. The van der Waals surface area contributed by atoms with Gasteiger partial charge in [-0.1, -0.05) is 38.8 Å². The second-order valence-electron chi connectivity index (χ2n) is 5.84. The fourth-order valence-corrected chi connectivity index (χ4v) is 2.25. The van der Waals surface area contributed by atoms with E-state index >= 15 is 0 Å². The molecule has 1 rings (SSSR count). The number of ether oxygens (including phenoxy) is 1. The van der Waals surface area contributed by atoms with Crippen LogP contribution in [0.1, 0.15) is 50.7 Å². The molecule has 0 aliphatic carbocycles. The monoisotopic (exact) mass is 320 g/mol. The molecule has 0 aromatic heterocycles. The first-order valence-corrected chi connectivity index (χ1v) is 8.26.